The first-order chi connectivity index (χ1) is 16.9. The van der Waals surface area contributed by atoms with Crippen LogP contribution >= 0.6 is 0 Å². The van der Waals surface area contributed by atoms with Crippen LogP contribution in [0.1, 0.15) is 13.8 Å². The van der Waals surface area contributed by atoms with Gasteiger partial charge in [-0.05, 0) is 51.2 Å². The van der Waals surface area contributed by atoms with Crippen LogP contribution in [0.4, 0.5) is 0 Å². The van der Waals surface area contributed by atoms with Crippen LogP contribution in [-0.2, 0) is 9.59 Å². The zero-order valence-corrected chi connectivity index (χ0v) is 20.0. The Kier molecular flexibility index (Phi) is 7.51. The summed E-state index contributed by atoms with van der Waals surface area (Å²) in [4.78, 5) is 24.5. The van der Waals surface area contributed by atoms with E-state index < -0.39 is 0 Å². The Hall–Kier alpha value is -4.06. The van der Waals surface area contributed by atoms with Crippen molar-refractivity contribution in [2.24, 2.45) is 5.41 Å². The number of fused-ring (bicyclic) bond motifs is 2. The van der Waals surface area contributed by atoms with Gasteiger partial charge in [0.15, 0.2) is 13.2 Å². The van der Waals surface area contributed by atoms with Crippen molar-refractivity contribution < 1.29 is 19.1 Å². The molecule has 2 amide bonds. The monoisotopic (exact) mass is 470 g/mol. The van der Waals surface area contributed by atoms with E-state index in [0.29, 0.717) is 24.6 Å². The molecule has 6 heteroatoms. The van der Waals surface area contributed by atoms with Crippen LogP contribution in [0.5, 0.6) is 11.5 Å². The predicted octanol–water partition coefficient (Wildman–Crippen LogP) is 4.71. The van der Waals surface area contributed by atoms with Gasteiger partial charge in [-0.25, -0.2) is 0 Å². The van der Waals surface area contributed by atoms with E-state index in [4.69, 9.17) is 9.47 Å². The summed E-state index contributed by atoms with van der Waals surface area (Å²) in [5.74, 6) is 0.878. The minimum absolute atomic E-state index is 0.0691. The van der Waals surface area contributed by atoms with Crippen LogP contribution in [0.25, 0.3) is 21.5 Å². The number of hydrogen-bond acceptors (Lipinski definition) is 4. The number of hydrogen-bond donors (Lipinski definition) is 2. The molecule has 0 aliphatic carbocycles. The highest BCUT2D eigenvalue weighted by molar-refractivity contribution is 5.85. The summed E-state index contributed by atoms with van der Waals surface area (Å²) in [5.41, 5.74) is -0.336. The lowest BCUT2D eigenvalue weighted by atomic mass is 9.93. The van der Waals surface area contributed by atoms with Crippen LogP contribution in [0.15, 0.2) is 84.9 Å². The molecule has 0 radical (unpaired) electrons. The number of carbonyl (C=O) groups excluding carboxylic acids is 2. The molecule has 4 aromatic carbocycles. The van der Waals surface area contributed by atoms with Gasteiger partial charge in [0.25, 0.3) is 11.8 Å². The highest BCUT2D eigenvalue weighted by Gasteiger charge is 2.20. The molecule has 0 saturated heterocycles. The third-order valence-electron chi connectivity index (χ3n) is 5.71. The number of rotatable bonds is 10. The maximum absolute atomic E-state index is 12.3. The topological polar surface area (TPSA) is 76.7 Å². The average Bonchev–Trinajstić information content (AvgIpc) is 2.88. The van der Waals surface area contributed by atoms with Crippen LogP contribution in [-0.4, -0.2) is 38.1 Å². The molecule has 0 spiro atoms. The van der Waals surface area contributed by atoms with Gasteiger partial charge in [0.2, 0.25) is 0 Å². The molecular formula is C29H30N2O4. The molecular weight excluding hydrogens is 440 g/mol. The summed E-state index contributed by atoms with van der Waals surface area (Å²) in [5, 5.41) is 10.1. The van der Waals surface area contributed by atoms with Gasteiger partial charge in [-0.1, -0.05) is 74.5 Å². The Morgan fingerprint density at radius 2 is 1.03 bits per heavy atom. The summed E-state index contributed by atoms with van der Waals surface area (Å²) >= 11 is 0. The Morgan fingerprint density at radius 3 is 1.46 bits per heavy atom. The Bertz CT molecular complexity index is 1230. The normalized spacial score (nSPS) is 11.3. The molecule has 0 aromatic heterocycles. The van der Waals surface area contributed by atoms with Crippen molar-refractivity contribution in [1.29, 1.82) is 0 Å². The van der Waals surface area contributed by atoms with Crippen molar-refractivity contribution in [2.45, 2.75) is 13.8 Å². The summed E-state index contributed by atoms with van der Waals surface area (Å²) < 4.78 is 11.3. The average molecular weight is 471 g/mol. The molecule has 0 unspecified atom stereocenters. The minimum Gasteiger partial charge on any atom is -0.484 e. The standard InChI is InChI=1S/C29H30N2O4/c1-29(2,19-30-27(32)17-34-25-13-11-21-7-3-5-9-23(21)15-25)20-31-28(33)18-35-26-14-12-22-8-4-6-10-24(22)16-26/h3-16H,17-20H2,1-2H3,(H,30,32)(H,31,33). The second-order valence-electron chi connectivity index (χ2n) is 9.31. The first-order valence-electron chi connectivity index (χ1n) is 11.6. The van der Waals surface area contributed by atoms with E-state index in [1.165, 1.54) is 0 Å². The van der Waals surface area contributed by atoms with Gasteiger partial charge in [0, 0.05) is 13.1 Å². The Morgan fingerprint density at radius 1 is 0.629 bits per heavy atom. The van der Waals surface area contributed by atoms with E-state index in [2.05, 4.69) is 10.6 Å². The molecule has 0 bridgehead atoms. The van der Waals surface area contributed by atoms with E-state index in [1.807, 2.05) is 98.8 Å². The molecule has 0 aliphatic rings. The van der Waals surface area contributed by atoms with Crippen LogP contribution < -0.4 is 20.1 Å². The van der Waals surface area contributed by atoms with Crippen molar-refractivity contribution in [3.8, 4) is 11.5 Å². The van der Waals surface area contributed by atoms with Gasteiger partial charge < -0.3 is 20.1 Å². The lowest BCUT2D eigenvalue weighted by molar-refractivity contribution is -0.123. The first kappa shape index (κ1) is 24.1. The zero-order valence-electron chi connectivity index (χ0n) is 20.0. The Balaban J connectivity index is 1.17. The fourth-order valence-corrected chi connectivity index (χ4v) is 3.65. The number of benzene rings is 4. The maximum atomic E-state index is 12.3. The molecule has 0 fully saturated rings. The van der Waals surface area contributed by atoms with Gasteiger partial charge in [-0.15, -0.1) is 0 Å². The van der Waals surface area contributed by atoms with Gasteiger partial charge >= 0.3 is 0 Å². The molecule has 180 valence electrons. The van der Waals surface area contributed by atoms with Gasteiger partial charge in [0.05, 0.1) is 0 Å². The molecule has 0 heterocycles. The number of carbonyl (C=O) groups is 2. The second-order valence-corrected chi connectivity index (χ2v) is 9.31. The molecule has 0 atom stereocenters. The lowest BCUT2D eigenvalue weighted by Gasteiger charge is -2.25. The largest absolute Gasteiger partial charge is 0.484 e. The third-order valence-corrected chi connectivity index (χ3v) is 5.71. The van der Waals surface area contributed by atoms with E-state index in [-0.39, 0.29) is 30.4 Å². The number of amides is 2. The molecule has 6 nitrogen and oxygen atoms in total. The van der Waals surface area contributed by atoms with E-state index >= 15 is 0 Å². The minimum atomic E-state index is -0.336. The highest BCUT2D eigenvalue weighted by atomic mass is 16.5. The lowest BCUT2D eigenvalue weighted by Crippen LogP contribution is -2.44. The maximum Gasteiger partial charge on any atom is 0.257 e. The summed E-state index contributed by atoms with van der Waals surface area (Å²) in [6, 6.07) is 27.5. The SMILES string of the molecule is CC(C)(CNC(=O)COc1ccc2ccccc2c1)CNC(=O)COc1ccc2ccccc2c1. The summed E-state index contributed by atoms with van der Waals surface area (Å²) in [6.07, 6.45) is 0. The smallest absolute Gasteiger partial charge is 0.257 e. The van der Waals surface area contributed by atoms with Crippen molar-refractivity contribution in [1.82, 2.24) is 10.6 Å². The van der Waals surface area contributed by atoms with E-state index in [1.54, 1.807) is 0 Å². The number of nitrogens with one attached hydrogen (secondary N) is 2. The van der Waals surface area contributed by atoms with Crippen molar-refractivity contribution in [3.63, 3.8) is 0 Å². The summed E-state index contributed by atoms with van der Waals surface area (Å²) in [7, 11) is 0. The van der Waals surface area contributed by atoms with Crippen LogP contribution in [0, 0.1) is 5.41 Å². The fourth-order valence-electron chi connectivity index (χ4n) is 3.65. The second kappa shape index (κ2) is 10.9. The van der Waals surface area contributed by atoms with E-state index in [0.717, 1.165) is 21.5 Å². The van der Waals surface area contributed by atoms with Gasteiger partial charge in [0.1, 0.15) is 11.5 Å². The van der Waals surface area contributed by atoms with Gasteiger partial charge in [-0.2, -0.15) is 0 Å². The molecule has 0 saturated carbocycles. The van der Waals surface area contributed by atoms with E-state index in [9.17, 15) is 9.59 Å². The summed E-state index contributed by atoms with van der Waals surface area (Å²) in [6.45, 7) is 4.61. The Labute approximate surface area is 205 Å². The quantitative estimate of drug-likeness (QED) is 0.352. The van der Waals surface area contributed by atoms with Crippen LogP contribution in [0.3, 0.4) is 0 Å². The van der Waals surface area contributed by atoms with Gasteiger partial charge in [-0.3, -0.25) is 9.59 Å². The molecule has 35 heavy (non-hydrogen) atoms. The molecule has 2 N–H and O–H groups in total. The molecule has 4 rings (SSSR count). The number of ether oxygens (including phenoxy) is 2. The molecule has 4 aromatic rings. The zero-order chi connectivity index (χ0) is 24.7. The highest BCUT2D eigenvalue weighted by Crippen LogP contribution is 2.21. The van der Waals surface area contributed by atoms with Crippen LogP contribution in [0.2, 0.25) is 0 Å². The fraction of sp³-hybridized carbons (Fsp3) is 0.241. The first-order valence-corrected chi connectivity index (χ1v) is 11.6. The van der Waals surface area contributed by atoms with Crippen molar-refractivity contribution >= 4 is 33.4 Å². The van der Waals surface area contributed by atoms with Crippen molar-refractivity contribution in [2.75, 3.05) is 26.3 Å². The molecule has 0 aliphatic heterocycles. The predicted molar refractivity (Wildman–Crippen MR) is 139 cm³/mol. The van der Waals surface area contributed by atoms with Crippen molar-refractivity contribution in [3.05, 3.63) is 84.9 Å². The third kappa shape index (κ3) is 6.96.